The van der Waals surface area contributed by atoms with Crippen LogP contribution in [-0.2, 0) is 14.7 Å². The Hall–Kier alpha value is -3.57. The highest BCUT2D eigenvalue weighted by Gasteiger charge is 2.23. The number of nitrogens with one attached hydrogen (secondary N) is 3. The van der Waals surface area contributed by atoms with E-state index in [0.29, 0.717) is 36.1 Å². The molecule has 10 nitrogen and oxygen atoms in total. The summed E-state index contributed by atoms with van der Waals surface area (Å²) in [6.45, 7) is 4.44. The summed E-state index contributed by atoms with van der Waals surface area (Å²) in [4.78, 5) is 14.0. The lowest BCUT2D eigenvalue weighted by molar-refractivity contribution is 0.136. The van der Waals surface area contributed by atoms with Gasteiger partial charge in [0.2, 0.25) is 5.95 Å². The van der Waals surface area contributed by atoms with Gasteiger partial charge in [-0.25, -0.2) is 13.4 Å². The summed E-state index contributed by atoms with van der Waals surface area (Å²) < 4.78 is 31.1. The first kappa shape index (κ1) is 24.6. The number of oxime groups is 1. The van der Waals surface area contributed by atoms with Gasteiger partial charge in [0.25, 0.3) is 0 Å². The first-order valence-electron chi connectivity index (χ1n) is 10.8. The lowest BCUT2D eigenvalue weighted by Gasteiger charge is -2.17. The van der Waals surface area contributed by atoms with Crippen molar-refractivity contribution in [2.24, 2.45) is 5.16 Å². The van der Waals surface area contributed by atoms with Gasteiger partial charge in [-0.2, -0.15) is 4.98 Å². The van der Waals surface area contributed by atoms with Crippen molar-refractivity contribution in [2.75, 3.05) is 30.9 Å². The summed E-state index contributed by atoms with van der Waals surface area (Å²) in [6.07, 6.45) is 1.43. The molecule has 35 heavy (non-hydrogen) atoms. The highest BCUT2D eigenvalue weighted by atomic mass is 35.5. The van der Waals surface area contributed by atoms with Crippen LogP contribution in [0.2, 0.25) is 5.02 Å². The topological polar surface area (TPSA) is 127 Å². The predicted octanol–water partition coefficient (Wildman–Crippen LogP) is 4.09. The summed E-state index contributed by atoms with van der Waals surface area (Å²) in [5, 5.41) is 13.0. The molecular formula is C23H25ClN6O4S. The molecule has 0 unspecified atom stereocenters. The number of halogens is 1. The van der Waals surface area contributed by atoms with E-state index in [1.165, 1.54) is 6.20 Å². The molecule has 3 N–H and O–H groups in total. The SMILES string of the molecule is COc1cc(C2=NOCCN2)ccc1Nc1ncc(Cl)c(Nc2ccccc2S(=O)(=O)C(C)C)n1. The van der Waals surface area contributed by atoms with Gasteiger partial charge in [-0.05, 0) is 44.2 Å². The average molecular weight is 517 g/mol. The van der Waals surface area contributed by atoms with E-state index in [1.807, 2.05) is 18.2 Å². The van der Waals surface area contributed by atoms with Crippen LogP contribution in [0.1, 0.15) is 19.4 Å². The minimum absolute atomic E-state index is 0.166. The zero-order valence-electron chi connectivity index (χ0n) is 19.4. The van der Waals surface area contributed by atoms with E-state index in [2.05, 4.69) is 31.1 Å². The molecule has 1 aromatic heterocycles. The number of hydrogen-bond donors (Lipinski definition) is 3. The van der Waals surface area contributed by atoms with E-state index in [-0.39, 0.29) is 21.7 Å². The Kier molecular flexibility index (Phi) is 7.27. The van der Waals surface area contributed by atoms with E-state index in [4.69, 9.17) is 21.2 Å². The third-order valence-electron chi connectivity index (χ3n) is 5.17. The Bertz CT molecular complexity index is 1360. The molecule has 0 saturated heterocycles. The van der Waals surface area contributed by atoms with Crippen LogP contribution in [0.4, 0.5) is 23.1 Å². The van der Waals surface area contributed by atoms with E-state index in [9.17, 15) is 8.42 Å². The van der Waals surface area contributed by atoms with Crippen LogP contribution in [0, 0.1) is 0 Å². The number of hydrogen-bond acceptors (Lipinski definition) is 10. The molecule has 1 aliphatic rings. The molecule has 184 valence electrons. The molecule has 3 aromatic rings. The van der Waals surface area contributed by atoms with Gasteiger partial charge in [0.1, 0.15) is 17.4 Å². The van der Waals surface area contributed by atoms with E-state index in [1.54, 1.807) is 45.2 Å². The zero-order chi connectivity index (χ0) is 25.0. The van der Waals surface area contributed by atoms with Crippen molar-refractivity contribution < 1.29 is 18.0 Å². The molecule has 0 atom stereocenters. The van der Waals surface area contributed by atoms with Gasteiger partial charge in [-0.3, -0.25) is 0 Å². The minimum atomic E-state index is -3.53. The minimum Gasteiger partial charge on any atom is -0.495 e. The third-order valence-corrected chi connectivity index (χ3v) is 7.66. The van der Waals surface area contributed by atoms with Crippen molar-refractivity contribution in [3.05, 3.63) is 59.2 Å². The molecule has 2 heterocycles. The van der Waals surface area contributed by atoms with Crippen LogP contribution in [0.3, 0.4) is 0 Å². The van der Waals surface area contributed by atoms with Crippen LogP contribution in [0.15, 0.2) is 58.7 Å². The van der Waals surface area contributed by atoms with Crippen molar-refractivity contribution in [1.82, 2.24) is 15.3 Å². The lowest BCUT2D eigenvalue weighted by Crippen LogP contribution is -2.32. The zero-order valence-corrected chi connectivity index (χ0v) is 20.9. The Labute approximate surface area is 208 Å². The van der Waals surface area contributed by atoms with E-state index < -0.39 is 15.1 Å². The van der Waals surface area contributed by atoms with Crippen molar-refractivity contribution >= 4 is 50.4 Å². The Morgan fingerprint density at radius 3 is 2.66 bits per heavy atom. The number of aromatic nitrogens is 2. The standard InChI is InChI=1S/C23H25ClN6O4S/c1-14(2)35(31,32)20-7-5-4-6-18(20)27-22-16(24)13-26-23(29-22)28-17-9-8-15(12-19(17)33-3)21-25-10-11-34-30-21/h4-9,12-14H,10-11H2,1-3H3,(H,25,30)(H2,26,27,28,29). The largest absolute Gasteiger partial charge is 0.495 e. The number of ether oxygens (including phenoxy) is 1. The van der Waals surface area contributed by atoms with E-state index in [0.717, 1.165) is 5.56 Å². The van der Waals surface area contributed by atoms with Gasteiger partial charge in [-0.15, -0.1) is 0 Å². The fraction of sp³-hybridized carbons (Fsp3) is 0.261. The maximum atomic E-state index is 12.8. The van der Waals surface area contributed by atoms with Crippen LogP contribution in [0.5, 0.6) is 5.75 Å². The highest BCUT2D eigenvalue weighted by molar-refractivity contribution is 7.92. The molecule has 0 radical (unpaired) electrons. The maximum Gasteiger partial charge on any atom is 0.229 e. The van der Waals surface area contributed by atoms with Gasteiger partial charge in [-0.1, -0.05) is 28.9 Å². The second kappa shape index (κ2) is 10.4. The Balaban J connectivity index is 1.61. The molecule has 0 fully saturated rings. The predicted molar refractivity (Wildman–Crippen MR) is 136 cm³/mol. The molecule has 1 aliphatic heterocycles. The summed E-state index contributed by atoms with van der Waals surface area (Å²) in [7, 11) is -1.97. The monoisotopic (exact) mass is 516 g/mol. The Morgan fingerprint density at radius 1 is 1.14 bits per heavy atom. The van der Waals surface area contributed by atoms with Crippen molar-refractivity contribution in [3.63, 3.8) is 0 Å². The van der Waals surface area contributed by atoms with Crippen LogP contribution in [0.25, 0.3) is 0 Å². The molecule has 0 spiro atoms. The number of benzene rings is 2. The second-order valence-electron chi connectivity index (χ2n) is 7.85. The van der Waals surface area contributed by atoms with Crippen molar-refractivity contribution in [2.45, 2.75) is 24.0 Å². The second-order valence-corrected chi connectivity index (χ2v) is 10.7. The lowest BCUT2D eigenvalue weighted by atomic mass is 10.1. The van der Waals surface area contributed by atoms with Gasteiger partial charge in [0, 0.05) is 5.56 Å². The van der Waals surface area contributed by atoms with E-state index >= 15 is 0 Å². The molecule has 0 amide bonds. The molecule has 4 rings (SSSR count). The molecular weight excluding hydrogens is 492 g/mol. The number of anilines is 4. The van der Waals surface area contributed by atoms with Gasteiger partial charge in [0.15, 0.2) is 21.5 Å². The quantitative estimate of drug-likeness (QED) is 0.405. The van der Waals surface area contributed by atoms with Gasteiger partial charge >= 0.3 is 0 Å². The summed E-state index contributed by atoms with van der Waals surface area (Å²) in [6, 6.07) is 12.1. The number of sulfone groups is 1. The Morgan fingerprint density at radius 2 is 1.94 bits per heavy atom. The number of methoxy groups -OCH3 is 1. The molecule has 0 bridgehead atoms. The first-order chi connectivity index (χ1) is 16.8. The van der Waals surface area contributed by atoms with Gasteiger partial charge in [0.05, 0.1) is 41.4 Å². The highest BCUT2D eigenvalue weighted by Crippen LogP contribution is 2.32. The number of nitrogens with zero attached hydrogens (tertiary/aromatic N) is 3. The number of rotatable bonds is 8. The van der Waals surface area contributed by atoms with Crippen LogP contribution >= 0.6 is 11.6 Å². The smallest absolute Gasteiger partial charge is 0.229 e. The fourth-order valence-corrected chi connectivity index (χ4v) is 4.63. The molecule has 0 saturated carbocycles. The number of amidine groups is 1. The average Bonchev–Trinajstić information content (AvgIpc) is 2.87. The molecule has 2 aromatic carbocycles. The third kappa shape index (κ3) is 5.41. The fourth-order valence-electron chi connectivity index (χ4n) is 3.29. The summed E-state index contributed by atoms with van der Waals surface area (Å²) in [5.41, 5.74) is 1.79. The first-order valence-corrected chi connectivity index (χ1v) is 12.7. The van der Waals surface area contributed by atoms with Crippen LogP contribution in [-0.4, -0.2) is 49.7 Å². The maximum absolute atomic E-state index is 12.8. The van der Waals surface area contributed by atoms with Crippen LogP contribution < -0.4 is 20.7 Å². The summed E-state index contributed by atoms with van der Waals surface area (Å²) >= 11 is 6.32. The van der Waals surface area contributed by atoms with Gasteiger partial charge < -0.3 is 25.5 Å². The van der Waals surface area contributed by atoms with Crippen molar-refractivity contribution in [1.29, 1.82) is 0 Å². The van der Waals surface area contributed by atoms with Crippen molar-refractivity contribution in [3.8, 4) is 5.75 Å². The molecule has 12 heteroatoms. The molecule has 0 aliphatic carbocycles. The number of para-hydroxylation sites is 1. The summed E-state index contributed by atoms with van der Waals surface area (Å²) in [5.74, 6) is 1.65. The normalized spacial score (nSPS) is 13.5.